The molecule has 7 heteroatoms. The quantitative estimate of drug-likeness (QED) is 0.771. The third kappa shape index (κ3) is 3.19. The van der Waals surface area contributed by atoms with Crippen LogP contribution in [-0.2, 0) is 5.60 Å². The number of rotatable bonds is 4. The molecule has 0 aliphatic rings. The molecule has 4 N–H and O–H groups in total. The summed E-state index contributed by atoms with van der Waals surface area (Å²) < 4.78 is 5.40. The zero-order valence-electron chi connectivity index (χ0n) is 12.2. The van der Waals surface area contributed by atoms with Crippen LogP contribution in [0.15, 0.2) is 22.9 Å². The molecule has 0 bridgehead atoms. The fourth-order valence-electron chi connectivity index (χ4n) is 2.12. The van der Waals surface area contributed by atoms with Gasteiger partial charge < -0.3 is 20.6 Å². The highest BCUT2D eigenvalue weighted by molar-refractivity contribution is 5.96. The van der Waals surface area contributed by atoms with Crippen LogP contribution in [0.1, 0.15) is 34.5 Å². The fraction of sp³-hybridized carbons (Fsp3) is 0.357. The molecule has 0 aliphatic heterocycles. The summed E-state index contributed by atoms with van der Waals surface area (Å²) in [4.78, 5) is 19.7. The highest BCUT2D eigenvalue weighted by Crippen LogP contribution is 2.26. The van der Waals surface area contributed by atoms with Crippen molar-refractivity contribution in [2.75, 3.05) is 12.3 Å². The van der Waals surface area contributed by atoms with E-state index >= 15 is 0 Å². The topological polar surface area (TPSA) is 114 Å². The lowest BCUT2D eigenvalue weighted by molar-refractivity contribution is 0.0513. The molecule has 0 saturated heterocycles. The van der Waals surface area contributed by atoms with E-state index in [-0.39, 0.29) is 18.1 Å². The number of nitrogen functional groups attached to an aromatic ring is 1. The van der Waals surface area contributed by atoms with E-state index < -0.39 is 11.5 Å². The van der Waals surface area contributed by atoms with E-state index in [2.05, 4.69) is 15.3 Å². The molecular weight excluding hydrogens is 272 g/mol. The maximum Gasteiger partial charge on any atom is 0.273 e. The van der Waals surface area contributed by atoms with E-state index in [1.165, 1.54) is 12.4 Å². The van der Waals surface area contributed by atoms with Gasteiger partial charge in [-0.05, 0) is 26.8 Å². The molecule has 0 spiro atoms. The van der Waals surface area contributed by atoms with Crippen molar-refractivity contribution in [3.63, 3.8) is 0 Å². The average molecular weight is 290 g/mol. The number of anilines is 1. The molecule has 2 aromatic rings. The summed E-state index contributed by atoms with van der Waals surface area (Å²) in [5, 5.41) is 13.1. The normalized spacial score (nSPS) is 13.7. The van der Waals surface area contributed by atoms with E-state index in [1.807, 2.05) is 0 Å². The summed E-state index contributed by atoms with van der Waals surface area (Å²) >= 11 is 0. The van der Waals surface area contributed by atoms with Crippen molar-refractivity contribution < 1.29 is 14.3 Å². The van der Waals surface area contributed by atoms with Crippen LogP contribution >= 0.6 is 0 Å². The Morgan fingerprint density at radius 2 is 2.10 bits per heavy atom. The Labute approximate surface area is 122 Å². The van der Waals surface area contributed by atoms with Gasteiger partial charge in [-0.2, -0.15) is 0 Å². The predicted octanol–water partition coefficient (Wildman–Crippen LogP) is 0.906. The third-order valence-corrected chi connectivity index (χ3v) is 3.16. The Hall–Kier alpha value is -2.41. The van der Waals surface area contributed by atoms with Gasteiger partial charge in [-0.1, -0.05) is 0 Å². The lowest BCUT2D eigenvalue weighted by atomic mass is 9.96. The molecule has 0 radical (unpaired) electrons. The van der Waals surface area contributed by atoms with Crippen LogP contribution in [0.2, 0.25) is 0 Å². The van der Waals surface area contributed by atoms with Gasteiger partial charge in [-0.15, -0.1) is 0 Å². The monoisotopic (exact) mass is 290 g/mol. The fourth-order valence-corrected chi connectivity index (χ4v) is 2.12. The second-order valence-corrected chi connectivity index (χ2v) is 5.07. The molecule has 2 rings (SSSR count). The molecule has 112 valence electrons. The molecule has 0 saturated carbocycles. The van der Waals surface area contributed by atoms with E-state index in [0.717, 1.165) is 0 Å². The van der Waals surface area contributed by atoms with Crippen molar-refractivity contribution in [2.24, 2.45) is 0 Å². The lowest BCUT2D eigenvalue weighted by Crippen LogP contribution is -2.39. The van der Waals surface area contributed by atoms with Gasteiger partial charge in [0.1, 0.15) is 17.1 Å². The predicted molar refractivity (Wildman–Crippen MR) is 76.5 cm³/mol. The van der Waals surface area contributed by atoms with Crippen LogP contribution in [-0.4, -0.2) is 27.5 Å². The molecule has 21 heavy (non-hydrogen) atoms. The minimum Gasteiger partial charge on any atom is -0.466 e. The van der Waals surface area contributed by atoms with Gasteiger partial charge in [0.2, 0.25) is 0 Å². The van der Waals surface area contributed by atoms with Gasteiger partial charge in [0.05, 0.1) is 6.54 Å². The standard InChI is InChI=1S/C14H18N4O3/c1-8-6-10(9(2)21-8)14(3,20)7-18-13(19)11-12(15)17-5-4-16-11/h4-6,20H,7H2,1-3H3,(H2,15,17)(H,18,19). The first-order valence-corrected chi connectivity index (χ1v) is 6.46. The van der Waals surface area contributed by atoms with Gasteiger partial charge in [-0.25, -0.2) is 9.97 Å². The van der Waals surface area contributed by atoms with Crippen molar-refractivity contribution in [3.05, 3.63) is 41.2 Å². The van der Waals surface area contributed by atoms with Crippen LogP contribution in [0.4, 0.5) is 5.82 Å². The summed E-state index contributed by atoms with van der Waals surface area (Å²) in [5.74, 6) is 0.877. The van der Waals surface area contributed by atoms with Crippen molar-refractivity contribution >= 4 is 11.7 Å². The molecule has 7 nitrogen and oxygen atoms in total. The number of nitrogens with one attached hydrogen (secondary N) is 1. The van der Waals surface area contributed by atoms with E-state index in [4.69, 9.17) is 10.2 Å². The molecule has 2 aromatic heterocycles. The van der Waals surface area contributed by atoms with Gasteiger partial charge in [0, 0.05) is 18.0 Å². The van der Waals surface area contributed by atoms with E-state index in [0.29, 0.717) is 17.1 Å². The van der Waals surface area contributed by atoms with Gasteiger partial charge in [0.25, 0.3) is 5.91 Å². The molecule has 0 aromatic carbocycles. The Morgan fingerprint density at radius 3 is 2.67 bits per heavy atom. The number of hydrogen-bond donors (Lipinski definition) is 3. The van der Waals surface area contributed by atoms with Crippen molar-refractivity contribution in [2.45, 2.75) is 26.4 Å². The molecular formula is C14H18N4O3. The van der Waals surface area contributed by atoms with Crippen molar-refractivity contribution in [3.8, 4) is 0 Å². The Bertz CT molecular complexity index is 664. The number of aromatic nitrogens is 2. The Kier molecular flexibility index (Phi) is 3.95. The van der Waals surface area contributed by atoms with Crippen LogP contribution < -0.4 is 11.1 Å². The molecule has 1 atom stereocenters. The maximum absolute atomic E-state index is 12.0. The van der Waals surface area contributed by atoms with E-state index in [1.54, 1.807) is 26.8 Å². The zero-order valence-corrected chi connectivity index (χ0v) is 12.2. The van der Waals surface area contributed by atoms with Gasteiger partial charge in [-0.3, -0.25) is 4.79 Å². The number of nitrogens with two attached hydrogens (primary N) is 1. The minimum absolute atomic E-state index is 0.00165. The number of carbonyl (C=O) groups excluding carboxylic acids is 1. The lowest BCUT2D eigenvalue weighted by Gasteiger charge is -2.23. The van der Waals surface area contributed by atoms with Gasteiger partial charge >= 0.3 is 0 Å². The summed E-state index contributed by atoms with van der Waals surface area (Å²) in [5.41, 5.74) is 5.00. The zero-order chi connectivity index (χ0) is 15.6. The first-order chi connectivity index (χ1) is 9.81. The Balaban J connectivity index is 2.10. The number of aliphatic hydroxyl groups is 1. The first-order valence-electron chi connectivity index (χ1n) is 6.46. The summed E-state index contributed by atoms with van der Waals surface area (Å²) in [7, 11) is 0. The largest absolute Gasteiger partial charge is 0.466 e. The highest BCUT2D eigenvalue weighted by atomic mass is 16.3. The molecule has 0 fully saturated rings. The second kappa shape index (κ2) is 5.53. The summed E-state index contributed by atoms with van der Waals surface area (Å²) in [6.07, 6.45) is 2.78. The van der Waals surface area contributed by atoms with Gasteiger partial charge in [0.15, 0.2) is 11.5 Å². The SMILES string of the molecule is Cc1cc(C(C)(O)CNC(=O)c2nccnc2N)c(C)o1. The van der Waals surface area contributed by atoms with Crippen LogP contribution in [0.3, 0.4) is 0 Å². The number of carbonyl (C=O) groups is 1. The molecule has 1 unspecified atom stereocenters. The number of hydrogen-bond acceptors (Lipinski definition) is 6. The molecule has 0 aliphatic carbocycles. The van der Waals surface area contributed by atoms with E-state index in [9.17, 15) is 9.90 Å². The maximum atomic E-state index is 12.0. The smallest absolute Gasteiger partial charge is 0.273 e. The third-order valence-electron chi connectivity index (χ3n) is 3.16. The molecule has 1 amide bonds. The average Bonchev–Trinajstić information content (AvgIpc) is 2.76. The number of nitrogens with zero attached hydrogens (tertiary/aromatic N) is 2. The van der Waals surface area contributed by atoms with Crippen LogP contribution in [0.5, 0.6) is 0 Å². The number of aryl methyl sites for hydroxylation is 2. The van der Waals surface area contributed by atoms with Crippen LogP contribution in [0.25, 0.3) is 0 Å². The van der Waals surface area contributed by atoms with Crippen molar-refractivity contribution in [1.29, 1.82) is 0 Å². The van der Waals surface area contributed by atoms with Crippen LogP contribution in [0, 0.1) is 13.8 Å². The molecule has 2 heterocycles. The highest BCUT2D eigenvalue weighted by Gasteiger charge is 2.28. The summed E-state index contributed by atoms with van der Waals surface area (Å²) in [6.45, 7) is 5.16. The second-order valence-electron chi connectivity index (χ2n) is 5.07. The van der Waals surface area contributed by atoms with Crippen molar-refractivity contribution in [1.82, 2.24) is 15.3 Å². The summed E-state index contributed by atoms with van der Waals surface area (Å²) in [6, 6.07) is 1.75. The Morgan fingerprint density at radius 1 is 1.43 bits per heavy atom. The first kappa shape index (κ1) is 15.0. The minimum atomic E-state index is -1.26. The number of furan rings is 1. The number of amides is 1.